The monoisotopic (exact) mass is 559 g/mol. The normalized spacial score (nSPS) is 10.3. The summed E-state index contributed by atoms with van der Waals surface area (Å²) in [6.07, 6.45) is 3.33. The molecule has 0 fully saturated rings. The maximum Gasteiger partial charge on any atom is 0.240 e. The van der Waals surface area contributed by atoms with Crippen LogP contribution < -0.4 is 9.47 Å². The first kappa shape index (κ1) is 19.5. The van der Waals surface area contributed by atoms with Gasteiger partial charge in [0, 0.05) is 51.7 Å². The molecule has 2 N–H and O–H groups in total. The van der Waals surface area contributed by atoms with Crippen LogP contribution in [-0.2, 0) is 21.1 Å². The second-order valence-corrected chi connectivity index (χ2v) is 5.64. The van der Waals surface area contributed by atoms with Crippen molar-refractivity contribution in [2.75, 3.05) is 7.11 Å². The van der Waals surface area contributed by atoms with E-state index in [1.54, 1.807) is 68.0 Å². The van der Waals surface area contributed by atoms with Gasteiger partial charge in [-0.2, -0.15) is 0 Å². The molecule has 0 saturated carbocycles. The van der Waals surface area contributed by atoms with Crippen molar-refractivity contribution in [1.82, 2.24) is 19.6 Å². The van der Waals surface area contributed by atoms with Crippen molar-refractivity contribution >= 4 is 0 Å². The number of phenols is 2. The third-order valence-electron chi connectivity index (χ3n) is 3.90. The number of hydrogen-bond acceptors (Lipinski definition) is 6. The molecular weight excluding hydrogens is 543 g/mol. The smallest absolute Gasteiger partial charge is 0.240 e. The van der Waals surface area contributed by atoms with Gasteiger partial charge < -0.3 is 19.7 Å². The number of ether oxygens (including phenoxy) is 2. The first-order chi connectivity index (χ1) is 13.1. The van der Waals surface area contributed by atoms with Crippen LogP contribution in [0.5, 0.6) is 29.0 Å². The van der Waals surface area contributed by atoms with Gasteiger partial charge in [-0.05, 0) is 24.3 Å². The van der Waals surface area contributed by atoms with E-state index >= 15 is 0 Å². The predicted octanol–water partition coefficient (Wildman–Crippen LogP) is 3.27. The van der Waals surface area contributed by atoms with Crippen LogP contribution in [0.1, 0.15) is 0 Å². The molecule has 0 bridgehead atoms. The van der Waals surface area contributed by atoms with Crippen molar-refractivity contribution in [1.29, 1.82) is 0 Å². The summed E-state index contributed by atoms with van der Waals surface area (Å²) in [5.74, 6) is 1.40. The molecule has 4 aromatic rings. The summed E-state index contributed by atoms with van der Waals surface area (Å²) in [5.41, 5.74) is 1.00. The third kappa shape index (κ3) is 3.87. The van der Waals surface area contributed by atoms with E-state index in [1.807, 2.05) is 0 Å². The first-order valence-electron chi connectivity index (χ1n) is 8.09. The number of rotatable bonds is 5. The molecule has 2 aromatic heterocycles. The van der Waals surface area contributed by atoms with Gasteiger partial charge in [0.15, 0.2) is 0 Å². The molecule has 2 heterocycles. The SMILES string of the molecule is COc1ccc(O)c(-n2ccc(Oc3ccn(-c4ccccc4O)n3)n2)c1.[Pt]. The summed E-state index contributed by atoms with van der Waals surface area (Å²) in [6, 6.07) is 15.0. The van der Waals surface area contributed by atoms with Gasteiger partial charge >= 0.3 is 0 Å². The number of methoxy groups -OCH3 is 1. The molecule has 0 unspecified atom stereocenters. The minimum atomic E-state index is 0. The van der Waals surface area contributed by atoms with E-state index < -0.39 is 0 Å². The van der Waals surface area contributed by atoms with Gasteiger partial charge in [0.05, 0.1) is 7.11 Å². The van der Waals surface area contributed by atoms with Crippen LogP contribution in [0, 0.1) is 0 Å². The number of para-hydroxylation sites is 2. The Labute approximate surface area is 174 Å². The van der Waals surface area contributed by atoms with Crippen molar-refractivity contribution < 1.29 is 40.8 Å². The van der Waals surface area contributed by atoms with Crippen LogP contribution >= 0.6 is 0 Å². The number of benzene rings is 2. The summed E-state index contributed by atoms with van der Waals surface area (Å²) >= 11 is 0. The molecule has 9 heteroatoms. The standard InChI is InChI=1S/C19H16N4O4.Pt/c1-26-13-6-7-17(25)15(12-13)23-11-9-19(21-23)27-18-8-10-22(20-18)14-4-2-3-5-16(14)24;/h2-12,24-25H,1H3;. The Morgan fingerprint density at radius 2 is 1.39 bits per heavy atom. The third-order valence-corrected chi connectivity index (χ3v) is 3.90. The van der Waals surface area contributed by atoms with Crippen LogP contribution in [0.25, 0.3) is 11.4 Å². The minimum Gasteiger partial charge on any atom is -0.506 e. The molecule has 8 nitrogen and oxygen atoms in total. The maximum atomic E-state index is 10.0. The Morgan fingerprint density at radius 1 is 0.786 bits per heavy atom. The molecule has 0 saturated heterocycles. The van der Waals surface area contributed by atoms with Crippen LogP contribution in [0.3, 0.4) is 0 Å². The van der Waals surface area contributed by atoms with Gasteiger partial charge in [-0.25, -0.2) is 9.36 Å². The van der Waals surface area contributed by atoms with Gasteiger partial charge in [-0.3, -0.25) is 0 Å². The second-order valence-electron chi connectivity index (χ2n) is 5.64. The van der Waals surface area contributed by atoms with E-state index in [0.717, 1.165) is 0 Å². The van der Waals surface area contributed by atoms with E-state index in [2.05, 4.69) is 10.2 Å². The molecule has 0 radical (unpaired) electrons. The average Bonchev–Trinajstić information content (AvgIpc) is 3.33. The van der Waals surface area contributed by atoms with Crippen LogP contribution in [0.15, 0.2) is 67.0 Å². The van der Waals surface area contributed by atoms with Gasteiger partial charge in [-0.15, -0.1) is 10.2 Å². The molecule has 0 atom stereocenters. The summed E-state index contributed by atoms with van der Waals surface area (Å²) in [7, 11) is 1.55. The summed E-state index contributed by atoms with van der Waals surface area (Å²) in [4.78, 5) is 0. The zero-order chi connectivity index (χ0) is 18.8. The minimum absolute atomic E-state index is 0. The van der Waals surface area contributed by atoms with E-state index in [9.17, 15) is 10.2 Å². The Kier molecular flexibility index (Phi) is 5.70. The van der Waals surface area contributed by atoms with Crippen LogP contribution in [0.2, 0.25) is 0 Å². The molecule has 0 aliphatic rings. The number of aromatic hydroxyl groups is 2. The van der Waals surface area contributed by atoms with Gasteiger partial charge in [-0.1, -0.05) is 12.1 Å². The molecule has 146 valence electrons. The average molecular weight is 559 g/mol. The quantitative estimate of drug-likeness (QED) is 0.390. The predicted molar refractivity (Wildman–Crippen MR) is 97.1 cm³/mol. The van der Waals surface area contributed by atoms with Crippen molar-refractivity contribution in [3.05, 3.63) is 67.0 Å². The molecule has 4 rings (SSSR count). The second kappa shape index (κ2) is 8.19. The fourth-order valence-electron chi connectivity index (χ4n) is 2.57. The molecule has 28 heavy (non-hydrogen) atoms. The number of aromatic nitrogens is 4. The maximum absolute atomic E-state index is 10.0. The molecule has 0 aliphatic heterocycles. The molecule has 0 amide bonds. The van der Waals surface area contributed by atoms with E-state index in [0.29, 0.717) is 28.9 Å². The van der Waals surface area contributed by atoms with Gasteiger partial charge in [0.25, 0.3) is 0 Å². The van der Waals surface area contributed by atoms with Crippen LogP contribution in [0.4, 0.5) is 0 Å². The summed E-state index contributed by atoms with van der Waals surface area (Å²) in [5, 5.41) is 28.5. The zero-order valence-corrected chi connectivity index (χ0v) is 16.9. The molecule has 0 aliphatic carbocycles. The van der Waals surface area contributed by atoms with Gasteiger partial charge in [0.2, 0.25) is 11.8 Å². The van der Waals surface area contributed by atoms with Crippen molar-refractivity contribution in [3.8, 4) is 40.4 Å². The topological polar surface area (TPSA) is 94.6 Å². The number of phenolic OH excluding ortho intramolecular Hbond substituents is 2. The Balaban J connectivity index is 0.00000225. The van der Waals surface area contributed by atoms with Gasteiger partial charge in [0.1, 0.15) is 28.6 Å². The Bertz CT molecular complexity index is 1090. The molecular formula is C19H16N4O4Pt. The van der Waals surface area contributed by atoms with E-state index in [1.165, 1.54) is 15.4 Å². The fraction of sp³-hybridized carbons (Fsp3) is 0.0526. The molecule has 0 spiro atoms. The number of nitrogens with zero attached hydrogens (tertiary/aromatic N) is 4. The number of hydrogen-bond donors (Lipinski definition) is 2. The van der Waals surface area contributed by atoms with Crippen molar-refractivity contribution in [2.45, 2.75) is 0 Å². The Morgan fingerprint density at radius 3 is 2.04 bits per heavy atom. The van der Waals surface area contributed by atoms with E-state index in [4.69, 9.17) is 9.47 Å². The summed E-state index contributed by atoms with van der Waals surface area (Å²) in [6.45, 7) is 0. The largest absolute Gasteiger partial charge is 0.506 e. The van der Waals surface area contributed by atoms with E-state index in [-0.39, 0.29) is 32.6 Å². The van der Waals surface area contributed by atoms with Crippen molar-refractivity contribution in [2.24, 2.45) is 0 Å². The zero-order valence-electron chi connectivity index (χ0n) is 14.7. The first-order valence-corrected chi connectivity index (χ1v) is 8.09. The van der Waals surface area contributed by atoms with Crippen molar-refractivity contribution in [3.63, 3.8) is 0 Å². The fourth-order valence-corrected chi connectivity index (χ4v) is 2.57. The summed E-state index contributed by atoms with van der Waals surface area (Å²) < 4.78 is 13.8. The Hall–Kier alpha value is -3.25. The van der Waals surface area contributed by atoms with Crippen LogP contribution in [-0.4, -0.2) is 36.9 Å². The molecule has 2 aromatic carbocycles.